The summed E-state index contributed by atoms with van der Waals surface area (Å²) in [6.07, 6.45) is 8.86. The lowest BCUT2D eigenvalue weighted by atomic mass is 9.91. The summed E-state index contributed by atoms with van der Waals surface area (Å²) in [5.74, 6) is 1.54. The molecule has 33 heavy (non-hydrogen) atoms. The third kappa shape index (κ3) is 5.95. The molecule has 1 aliphatic heterocycles. The molecule has 1 aliphatic rings. The van der Waals surface area contributed by atoms with Crippen molar-refractivity contribution in [2.75, 3.05) is 25.5 Å². The number of hydrogen-bond acceptors (Lipinski definition) is 7. The molecule has 9 nitrogen and oxygen atoms in total. The molecule has 1 N–H and O–H groups in total. The van der Waals surface area contributed by atoms with Crippen LogP contribution in [0, 0.1) is 5.92 Å². The summed E-state index contributed by atoms with van der Waals surface area (Å²) in [7, 11) is 1.50. The number of anilines is 1. The molecule has 2 aromatic heterocycles. The second kappa shape index (κ2) is 10.3. The van der Waals surface area contributed by atoms with Crippen LogP contribution < -0.4 is 14.8 Å². The van der Waals surface area contributed by atoms with Crippen LogP contribution >= 0.6 is 11.6 Å². The first-order chi connectivity index (χ1) is 16.0. The largest absolute Gasteiger partial charge is 0.480 e. The first kappa shape index (κ1) is 22.5. The van der Waals surface area contributed by atoms with E-state index in [0.717, 1.165) is 12.0 Å². The van der Waals surface area contributed by atoms with Gasteiger partial charge in [-0.05, 0) is 30.0 Å². The van der Waals surface area contributed by atoms with Crippen molar-refractivity contribution in [1.82, 2.24) is 24.8 Å². The van der Waals surface area contributed by atoms with Crippen LogP contribution in [0.2, 0.25) is 5.02 Å². The summed E-state index contributed by atoms with van der Waals surface area (Å²) in [6.45, 7) is 3.32. The number of piperidine rings is 1. The zero-order valence-corrected chi connectivity index (χ0v) is 19.0. The van der Waals surface area contributed by atoms with E-state index >= 15 is 0 Å². The molecule has 3 aromatic rings. The number of carbonyl (C=O) groups is 1. The predicted molar refractivity (Wildman–Crippen MR) is 124 cm³/mol. The Kier molecular flexibility index (Phi) is 6.99. The first-order valence-electron chi connectivity index (χ1n) is 10.4. The number of amides is 2. The van der Waals surface area contributed by atoms with Crippen molar-refractivity contribution >= 4 is 29.5 Å². The summed E-state index contributed by atoms with van der Waals surface area (Å²) < 4.78 is 10.8. The highest BCUT2D eigenvalue weighted by molar-refractivity contribution is 6.30. The first-order valence-corrected chi connectivity index (χ1v) is 10.8. The van der Waals surface area contributed by atoms with E-state index in [1.54, 1.807) is 4.90 Å². The van der Waals surface area contributed by atoms with Gasteiger partial charge in [-0.25, -0.2) is 14.8 Å². The number of carbonyl (C=O) groups excluding carboxylic acids is 1. The molecule has 1 atom stereocenters. The highest BCUT2D eigenvalue weighted by Crippen LogP contribution is 2.27. The minimum absolute atomic E-state index is 0.199. The van der Waals surface area contributed by atoms with Crippen molar-refractivity contribution in [3.8, 4) is 17.6 Å². The van der Waals surface area contributed by atoms with E-state index in [1.165, 1.54) is 37.5 Å². The van der Waals surface area contributed by atoms with Crippen LogP contribution in [-0.4, -0.2) is 51.1 Å². The molecule has 1 saturated heterocycles. The van der Waals surface area contributed by atoms with Gasteiger partial charge in [-0.15, -0.1) is 0 Å². The van der Waals surface area contributed by atoms with Crippen LogP contribution in [0.15, 0.2) is 54.6 Å². The number of likely N-dealkylation sites (tertiary alicyclic amines) is 1. The van der Waals surface area contributed by atoms with Crippen LogP contribution in [0.25, 0.3) is 6.08 Å². The number of hydrogen-bond donors (Lipinski definition) is 1. The Morgan fingerprint density at radius 1 is 1.24 bits per heavy atom. The molecule has 1 unspecified atom stereocenters. The minimum atomic E-state index is -0.207. The van der Waals surface area contributed by atoms with Gasteiger partial charge in [-0.2, -0.15) is 4.98 Å². The summed E-state index contributed by atoms with van der Waals surface area (Å²) in [6, 6.07) is 7.73. The Bertz CT molecular complexity index is 1150. The molecule has 10 heteroatoms. The van der Waals surface area contributed by atoms with Crippen molar-refractivity contribution in [3.05, 3.63) is 65.2 Å². The van der Waals surface area contributed by atoms with Gasteiger partial charge in [0.2, 0.25) is 5.88 Å². The molecule has 0 saturated carbocycles. The Hall–Kier alpha value is -3.72. The lowest BCUT2D eigenvalue weighted by Crippen LogP contribution is -2.42. The third-order valence-electron chi connectivity index (χ3n) is 5.16. The van der Waals surface area contributed by atoms with Crippen LogP contribution in [0.4, 0.5) is 10.6 Å². The van der Waals surface area contributed by atoms with Crippen molar-refractivity contribution < 1.29 is 14.3 Å². The Balaban J connectivity index is 1.38. The molecule has 170 valence electrons. The van der Waals surface area contributed by atoms with Crippen molar-refractivity contribution in [1.29, 1.82) is 0 Å². The zero-order chi connectivity index (χ0) is 23.2. The summed E-state index contributed by atoms with van der Waals surface area (Å²) >= 11 is 5.82. The predicted octanol–water partition coefficient (Wildman–Crippen LogP) is 4.68. The van der Waals surface area contributed by atoms with Gasteiger partial charge in [-0.1, -0.05) is 42.3 Å². The van der Waals surface area contributed by atoms with Gasteiger partial charge in [0.25, 0.3) is 0 Å². The number of urea groups is 1. The van der Waals surface area contributed by atoms with Gasteiger partial charge in [0.1, 0.15) is 5.75 Å². The van der Waals surface area contributed by atoms with Crippen molar-refractivity contribution in [3.63, 3.8) is 0 Å². The number of methoxy groups -OCH3 is 1. The zero-order valence-electron chi connectivity index (χ0n) is 18.2. The second-order valence-corrected chi connectivity index (χ2v) is 7.99. The van der Waals surface area contributed by atoms with Crippen LogP contribution in [0.3, 0.4) is 0 Å². The third-order valence-corrected chi connectivity index (χ3v) is 5.35. The van der Waals surface area contributed by atoms with Gasteiger partial charge < -0.3 is 14.4 Å². The van der Waals surface area contributed by atoms with Crippen LogP contribution in [0.1, 0.15) is 18.9 Å². The maximum atomic E-state index is 12.7. The van der Waals surface area contributed by atoms with Crippen molar-refractivity contribution in [2.45, 2.75) is 13.3 Å². The van der Waals surface area contributed by atoms with E-state index in [-0.39, 0.29) is 18.0 Å². The minimum Gasteiger partial charge on any atom is -0.480 e. The number of ether oxygens (including phenoxy) is 2. The maximum Gasteiger partial charge on any atom is 0.323 e. The summed E-state index contributed by atoms with van der Waals surface area (Å²) in [4.78, 5) is 30.7. The van der Waals surface area contributed by atoms with E-state index in [0.29, 0.717) is 35.6 Å². The number of nitrogens with one attached hydrogen (secondary N) is 1. The molecule has 3 heterocycles. The molecule has 0 aliphatic carbocycles. The van der Waals surface area contributed by atoms with Gasteiger partial charge in [0, 0.05) is 13.1 Å². The Labute approximate surface area is 196 Å². The van der Waals surface area contributed by atoms with Crippen molar-refractivity contribution in [2.24, 2.45) is 5.92 Å². The second-order valence-electron chi connectivity index (χ2n) is 7.55. The Morgan fingerprint density at radius 3 is 2.82 bits per heavy atom. The van der Waals surface area contributed by atoms with E-state index < -0.39 is 0 Å². The van der Waals surface area contributed by atoms with Gasteiger partial charge in [0.05, 0.1) is 36.9 Å². The van der Waals surface area contributed by atoms with Gasteiger partial charge in [-0.3, -0.25) is 10.3 Å². The maximum absolute atomic E-state index is 12.7. The molecule has 1 aromatic carbocycles. The molecular formula is C23H23ClN6O3. The van der Waals surface area contributed by atoms with Crippen LogP contribution in [-0.2, 0) is 0 Å². The highest BCUT2D eigenvalue weighted by atomic mass is 35.5. The molecule has 0 bridgehead atoms. The number of aromatic nitrogens is 4. The molecule has 1 fully saturated rings. The Morgan fingerprint density at radius 2 is 2.06 bits per heavy atom. The van der Waals surface area contributed by atoms with Crippen LogP contribution in [0.5, 0.6) is 17.6 Å². The van der Waals surface area contributed by atoms with E-state index in [4.69, 9.17) is 21.1 Å². The monoisotopic (exact) mass is 466 g/mol. The summed E-state index contributed by atoms with van der Waals surface area (Å²) in [5, 5.41) is 3.23. The fraction of sp³-hybridized carbons (Fsp3) is 0.261. The highest BCUT2D eigenvalue weighted by Gasteiger charge is 2.24. The van der Waals surface area contributed by atoms with Gasteiger partial charge in [0.15, 0.2) is 5.82 Å². The fourth-order valence-corrected chi connectivity index (χ4v) is 3.58. The number of benzene rings is 1. The quantitative estimate of drug-likeness (QED) is 0.582. The molecule has 2 amide bonds. The smallest absolute Gasteiger partial charge is 0.323 e. The molecule has 4 rings (SSSR count). The van der Waals surface area contributed by atoms with E-state index in [1.807, 2.05) is 24.3 Å². The molecular weight excluding hydrogens is 444 g/mol. The SMILES string of the molecule is COc1cncc(NC(=O)N2CC/C(=C\c3cccc(Oc4ncc(Cl)cn4)c3)C(C)C2)n1. The standard InChI is InChI=1S/C23H23ClN6O3/c1-15-14-30(23(31)29-20-12-25-13-21(28-20)32-2)7-6-17(15)8-16-4-3-5-19(9-16)33-22-26-10-18(24)11-27-22/h3-5,8-13,15H,6-7,14H2,1-2H3,(H,28,29,31)/b17-8+. The summed E-state index contributed by atoms with van der Waals surface area (Å²) in [5.41, 5.74) is 2.27. The number of rotatable bonds is 5. The lowest BCUT2D eigenvalue weighted by molar-refractivity contribution is 0.197. The van der Waals surface area contributed by atoms with E-state index in [9.17, 15) is 4.79 Å². The average molecular weight is 467 g/mol. The molecule has 0 spiro atoms. The lowest BCUT2D eigenvalue weighted by Gasteiger charge is -2.33. The number of nitrogens with zero attached hydrogens (tertiary/aromatic N) is 5. The van der Waals surface area contributed by atoms with Gasteiger partial charge >= 0.3 is 12.0 Å². The topological polar surface area (TPSA) is 102 Å². The normalized spacial score (nSPS) is 17.0. The van der Waals surface area contributed by atoms with E-state index in [2.05, 4.69) is 38.3 Å². The average Bonchev–Trinajstić information content (AvgIpc) is 2.82. The fourth-order valence-electron chi connectivity index (χ4n) is 3.48. The molecule has 0 radical (unpaired) electrons. The number of halogens is 1.